The van der Waals surface area contributed by atoms with E-state index in [1.54, 1.807) is 30.7 Å². The highest BCUT2D eigenvalue weighted by atomic mass is 32.1. The number of rotatable bonds is 9. The van der Waals surface area contributed by atoms with Gasteiger partial charge in [0.1, 0.15) is 11.6 Å². The van der Waals surface area contributed by atoms with Crippen LogP contribution >= 0.6 is 12.2 Å². The van der Waals surface area contributed by atoms with Crippen LogP contribution in [0.15, 0.2) is 17.1 Å². The third kappa shape index (κ3) is 6.32. The number of nitrogens with one attached hydrogen (secondary N) is 1. The number of fused-ring (bicyclic) bond motifs is 1. The molecular formula is C22H31N3O8S. The van der Waals surface area contributed by atoms with Crippen molar-refractivity contribution in [3.63, 3.8) is 0 Å². The molecule has 1 fully saturated rings. The summed E-state index contributed by atoms with van der Waals surface area (Å²) in [7, 11) is 0. The SMILES string of the molecule is CC(C)OCCn1c(=S)[nH]c(=O)c2c1ccn2COC(=O)C(C)C(=O)OC1COC(C)(C)OC1. The van der Waals surface area contributed by atoms with Crippen molar-refractivity contribution >= 4 is 35.2 Å². The molecule has 1 atom stereocenters. The number of aromatic amines is 1. The first-order valence-corrected chi connectivity index (χ1v) is 11.5. The van der Waals surface area contributed by atoms with Gasteiger partial charge in [-0.05, 0) is 52.9 Å². The Bertz CT molecular complexity index is 1140. The van der Waals surface area contributed by atoms with Crippen LogP contribution in [0.2, 0.25) is 0 Å². The van der Waals surface area contributed by atoms with E-state index in [1.807, 2.05) is 13.8 Å². The summed E-state index contributed by atoms with van der Waals surface area (Å²) in [5.74, 6) is -3.42. The molecular weight excluding hydrogens is 466 g/mol. The van der Waals surface area contributed by atoms with E-state index in [2.05, 4.69) is 4.98 Å². The molecule has 1 saturated heterocycles. The van der Waals surface area contributed by atoms with E-state index < -0.39 is 35.3 Å². The fraction of sp³-hybridized carbons (Fsp3) is 0.636. The first-order chi connectivity index (χ1) is 16.0. The number of hydrogen-bond donors (Lipinski definition) is 1. The second kappa shape index (κ2) is 10.8. The minimum atomic E-state index is -1.16. The Morgan fingerprint density at radius 1 is 1.24 bits per heavy atom. The van der Waals surface area contributed by atoms with Crippen molar-refractivity contribution in [1.29, 1.82) is 0 Å². The maximum absolute atomic E-state index is 12.5. The topological polar surface area (TPSA) is 123 Å². The van der Waals surface area contributed by atoms with Crippen molar-refractivity contribution in [2.24, 2.45) is 5.92 Å². The summed E-state index contributed by atoms with van der Waals surface area (Å²) in [6.07, 6.45) is 1.07. The van der Waals surface area contributed by atoms with Gasteiger partial charge in [0.25, 0.3) is 5.56 Å². The number of esters is 2. The van der Waals surface area contributed by atoms with Crippen LogP contribution in [0.3, 0.4) is 0 Å². The van der Waals surface area contributed by atoms with Gasteiger partial charge in [0.2, 0.25) is 0 Å². The van der Waals surface area contributed by atoms with Gasteiger partial charge in [0.15, 0.2) is 23.2 Å². The number of hydrogen-bond acceptors (Lipinski definition) is 9. The molecule has 0 spiro atoms. The summed E-state index contributed by atoms with van der Waals surface area (Å²) >= 11 is 5.29. The second-order valence-electron chi connectivity index (χ2n) is 8.74. The quantitative estimate of drug-likeness (QED) is 0.315. The Hall–Kier alpha value is -2.54. The van der Waals surface area contributed by atoms with Crippen molar-refractivity contribution in [3.8, 4) is 0 Å². The molecule has 0 amide bonds. The molecule has 3 rings (SSSR count). The van der Waals surface area contributed by atoms with Gasteiger partial charge in [-0.2, -0.15) is 0 Å². The van der Waals surface area contributed by atoms with Gasteiger partial charge in [0, 0.05) is 12.7 Å². The van der Waals surface area contributed by atoms with E-state index in [0.29, 0.717) is 24.2 Å². The van der Waals surface area contributed by atoms with E-state index in [9.17, 15) is 14.4 Å². The average Bonchev–Trinajstić information content (AvgIpc) is 3.19. The highest BCUT2D eigenvalue weighted by molar-refractivity contribution is 7.71. The Morgan fingerprint density at radius 3 is 2.56 bits per heavy atom. The van der Waals surface area contributed by atoms with Gasteiger partial charge in [0.05, 0.1) is 31.4 Å². The second-order valence-corrected chi connectivity index (χ2v) is 9.13. The number of carbonyl (C=O) groups is 2. The molecule has 0 aliphatic carbocycles. The molecule has 12 heteroatoms. The number of nitrogens with zero attached hydrogens (tertiary/aromatic N) is 2. The third-order valence-corrected chi connectivity index (χ3v) is 5.57. The van der Waals surface area contributed by atoms with E-state index >= 15 is 0 Å². The van der Waals surface area contributed by atoms with Crippen molar-refractivity contribution in [3.05, 3.63) is 27.4 Å². The molecule has 3 heterocycles. The molecule has 0 bridgehead atoms. The predicted molar refractivity (Wildman–Crippen MR) is 124 cm³/mol. The molecule has 1 unspecified atom stereocenters. The zero-order valence-corrected chi connectivity index (χ0v) is 20.8. The van der Waals surface area contributed by atoms with E-state index in [0.717, 1.165) is 0 Å². The van der Waals surface area contributed by atoms with Gasteiger partial charge in [-0.25, -0.2) is 0 Å². The third-order valence-electron chi connectivity index (χ3n) is 5.25. The smallest absolute Gasteiger partial charge is 0.321 e. The molecule has 0 aromatic carbocycles. The zero-order valence-electron chi connectivity index (χ0n) is 20.0. The first kappa shape index (κ1) is 26.1. The summed E-state index contributed by atoms with van der Waals surface area (Å²) in [5, 5.41) is 0. The van der Waals surface area contributed by atoms with Gasteiger partial charge in [-0.15, -0.1) is 0 Å². The van der Waals surface area contributed by atoms with Crippen LogP contribution in [0.5, 0.6) is 0 Å². The molecule has 11 nitrogen and oxygen atoms in total. The normalized spacial score (nSPS) is 17.1. The van der Waals surface area contributed by atoms with Crippen LogP contribution in [0, 0.1) is 10.7 Å². The zero-order chi connectivity index (χ0) is 25.0. The highest BCUT2D eigenvalue weighted by Crippen LogP contribution is 2.19. The largest absolute Gasteiger partial charge is 0.457 e. The van der Waals surface area contributed by atoms with Crippen LogP contribution in [0.1, 0.15) is 34.6 Å². The van der Waals surface area contributed by atoms with Crippen LogP contribution in [0.25, 0.3) is 11.0 Å². The molecule has 1 aliphatic heterocycles. The minimum absolute atomic E-state index is 0.0649. The van der Waals surface area contributed by atoms with Gasteiger partial charge in [-0.1, -0.05) is 0 Å². The van der Waals surface area contributed by atoms with Gasteiger partial charge < -0.3 is 32.8 Å². The van der Waals surface area contributed by atoms with E-state index in [1.165, 1.54) is 11.5 Å². The molecule has 1 N–H and O–H groups in total. The predicted octanol–water partition coefficient (Wildman–Crippen LogP) is 2.12. The molecule has 1 aliphatic rings. The Kier molecular flexibility index (Phi) is 8.29. The molecule has 0 radical (unpaired) electrons. The molecule has 188 valence electrons. The molecule has 2 aromatic heterocycles. The Balaban J connectivity index is 1.63. The van der Waals surface area contributed by atoms with Gasteiger partial charge >= 0.3 is 11.9 Å². The van der Waals surface area contributed by atoms with Crippen molar-refractivity contribution in [2.75, 3.05) is 19.8 Å². The lowest BCUT2D eigenvalue weighted by Gasteiger charge is -2.34. The summed E-state index contributed by atoms with van der Waals surface area (Å²) < 4.78 is 30.6. The van der Waals surface area contributed by atoms with Crippen molar-refractivity contribution in [1.82, 2.24) is 14.1 Å². The lowest BCUT2D eigenvalue weighted by Crippen LogP contribution is -2.44. The van der Waals surface area contributed by atoms with Gasteiger partial charge in [-0.3, -0.25) is 19.4 Å². The Morgan fingerprint density at radius 2 is 1.91 bits per heavy atom. The number of ether oxygens (including phenoxy) is 5. The fourth-order valence-corrected chi connectivity index (χ4v) is 3.62. The van der Waals surface area contributed by atoms with Crippen LogP contribution in [-0.2, 0) is 46.5 Å². The number of carbonyl (C=O) groups excluding carboxylic acids is 2. The minimum Gasteiger partial charge on any atom is -0.457 e. The summed E-state index contributed by atoms with van der Waals surface area (Å²) in [5.41, 5.74) is 0.472. The van der Waals surface area contributed by atoms with Crippen molar-refractivity contribution < 1.29 is 33.3 Å². The van der Waals surface area contributed by atoms with Crippen LogP contribution < -0.4 is 5.56 Å². The van der Waals surface area contributed by atoms with Crippen LogP contribution in [-0.4, -0.2) is 63.9 Å². The molecule has 34 heavy (non-hydrogen) atoms. The Labute approximate surface area is 201 Å². The first-order valence-electron chi connectivity index (χ1n) is 11.1. The summed E-state index contributed by atoms with van der Waals surface area (Å²) in [6.45, 7) is 9.73. The van der Waals surface area contributed by atoms with E-state index in [4.69, 9.17) is 35.9 Å². The average molecular weight is 498 g/mol. The summed E-state index contributed by atoms with van der Waals surface area (Å²) in [6, 6.07) is 1.71. The lowest BCUT2D eigenvalue weighted by atomic mass is 10.2. The highest BCUT2D eigenvalue weighted by Gasteiger charge is 2.33. The van der Waals surface area contributed by atoms with E-state index in [-0.39, 0.29) is 30.8 Å². The lowest BCUT2D eigenvalue weighted by molar-refractivity contribution is -0.276. The maximum Gasteiger partial charge on any atom is 0.321 e. The summed E-state index contributed by atoms with van der Waals surface area (Å²) in [4.78, 5) is 40.0. The van der Waals surface area contributed by atoms with Crippen LogP contribution in [0.4, 0.5) is 0 Å². The maximum atomic E-state index is 12.5. The number of aromatic nitrogens is 3. The number of H-pyrrole nitrogens is 1. The monoisotopic (exact) mass is 497 g/mol. The molecule has 2 aromatic rings. The standard InChI is InChI=1S/C22H31N3O8S/c1-13(2)29-9-8-25-16-6-7-24(17(16)18(26)23-21(25)34)12-30-19(27)14(3)20(28)33-15-10-31-22(4,5)32-11-15/h6-7,13-15H,8-12H2,1-5H3,(H,23,26,34). The van der Waals surface area contributed by atoms with Crippen molar-refractivity contribution in [2.45, 2.75) is 65.9 Å². The fourth-order valence-electron chi connectivity index (χ4n) is 3.33. The molecule has 0 saturated carbocycles.